The lowest BCUT2D eigenvalue weighted by molar-refractivity contribution is -0.145. The fourth-order valence-corrected chi connectivity index (χ4v) is 2.72. The van der Waals surface area contributed by atoms with Gasteiger partial charge in [0.05, 0.1) is 5.56 Å². The number of hydrogen-bond donors (Lipinski definition) is 3. The molecule has 0 aromatic heterocycles. The highest BCUT2D eigenvalue weighted by atomic mass is 16.6. The first-order valence-corrected chi connectivity index (χ1v) is 10.4. The fraction of sp³-hybridized carbons (Fsp3) is 0.333. The van der Waals surface area contributed by atoms with Crippen LogP contribution in [0.5, 0.6) is 0 Å². The fourth-order valence-electron chi connectivity index (χ4n) is 2.72. The molecule has 33 heavy (non-hydrogen) atoms. The van der Waals surface area contributed by atoms with Crippen molar-refractivity contribution in [1.82, 2.24) is 5.32 Å². The van der Waals surface area contributed by atoms with Crippen molar-refractivity contribution in [2.45, 2.75) is 51.9 Å². The smallest absolute Gasteiger partial charge is 0.408 e. The van der Waals surface area contributed by atoms with Crippen LogP contribution in [0.3, 0.4) is 0 Å². The predicted molar refractivity (Wildman–Crippen MR) is 121 cm³/mol. The van der Waals surface area contributed by atoms with E-state index in [2.05, 4.69) is 10.6 Å². The first-order chi connectivity index (χ1) is 15.5. The van der Waals surface area contributed by atoms with E-state index in [1.54, 1.807) is 20.8 Å². The number of ether oxygens (including phenoxy) is 2. The number of hydrogen-bond acceptors (Lipinski definition) is 6. The van der Waals surface area contributed by atoms with Gasteiger partial charge in [-0.2, -0.15) is 0 Å². The number of benzene rings is 2. The molecule has 2 rings (SSSR count). The molecule has 9 nitrogen and oxygen atoms in total. The lowest BCUT2D eigenvalue weighted by atomic mass is 10.1. The van der Waals surface area contributed by atoms with Crippen LogP contribution in [0.2, 0.25) is 0 Å². The predicted octanol–water partition coefficient (Wildman–Crippen LogP) is 3.74. The molecule has 2 aromatic rings. The highest BCUT2D eigenvalue weighted by Gasteiger charge is 2.25. The SMILES string of the molecule is CC(C)(C)OC(=O)NC(CCC(=O)OCc1ccccc1)C(=O)Nc1ccc(C(=O)O)cc1. The van der Waals surface area contributed by atoms with Crippen molar-refractivity contribution < 1.29 is 33.8 Å². The first kappa shape index (κ1) is 25.4. The summed E-state index contributed by atoms with van der Waals surface area (Å²) >= 11 is 0. The van der Waals surface area contributed by atoms with Crippen LogP contribution in [0.1, 0.15) is 49.5 Å². The molecule has 2 aromatic carbocycles. The van der Waals surface area contributed by atoms with Gasteiger partial charge in [0.15, 0.2) is 0 Å². The lowest BCUT2D eigenvalue weighted by Gasteiger charge is -2.23. The zero-order valence-corrected chi connectivity index (χ0v) is 18.8. The maximum Gasteiger partial charge on any atom is 0.408 e. The van der Waals surface area contributed by atoms with Crippen molar-refractivity contribution in [2.75, 3.05) is 5.32 Å². The summed E-state index contributed by atoms with van der Waals surface area (Å²) in [4.78, 5) is 48.1. The second-order valence-electron chi connectivity index (χ2n) is 8.26. The van der Waals surface area contributed by atoms with Crippen LogP contribution in [-0.2, 0) is 25.7 Å². The topological polar surface area (TPSA) is 131 Å². The van der Waals surface area contributed by atoms with Crippen LogP contribution in [-0.4, -0.2) is 40.7 Å². The molecular formula is C24H28N2O7. The lowest BCUT2D eigenvalue weighted by Crippen LogP contribution is -2.46. The number of amides is 2. The minimum Gasteiger partial charge on any atom is -0.478 e. The Balaban J connectivity index is 2.00. The van der Waals surface area contributed by atoms with Crippen LogP contribution >= 0.6 is 0 Å². The van der Waals surface area contributed by atoms with E-state index in [9.17, 15) is 19.2 Å². The number of carbonyl (C=O) groups excluding carboxylic acids is 3. The van der Waals surface area contributed by atoms with Crippen LogP contribution < -0.4 is 10.6 Å². The Morgan fingerprint density at radius 1 is 0.970 bits per heavy atom. The zero-order valence-electron chi connectivity index (χ0n) is 18.8. The number of esters is 1. The minimum absolute atomic E-state index is 0.0219. The van der Waals surface area contributed by atoms with E-state index < -0.39 is 35.6 Å². The largest absolute Gasteiger partial charge is 0.478 e. The van der Waals surface area contributed by atoms with Gasteiger partial charge in [0.1, 0.15) is 18.2 Å². The molecule has 0 aliphatic heterocycles. The normalized spacial score (nSPS) is 11.7. The molecule has 1 unspecified atom stereocenters. The minimum atomic E-state index is -1.09. The van der Waals surface area contributed by atoms with Gasteiger partial charge in [-0.3, -0.25) is 9.59 Å². The van der Waals surface area contributed by atoms with Gasteiger partial charge in [-0.25, -0.2) is 9.59 Å². The van der Waals surface area contributed by atoms with Crippen LogP contribution in [0, 0.1) is 0 Å². The summed E-state index contributed by atoms with van der Waals surface area (Å²) in [6.45, 7) is 5.16. The average molecular weight is 456 g/mol. The monoisotopic (exact) mass is 456 g/mol. The molecule has 0 spiro atoms. The van der Waals surface area contributed by atoms with Crippen LogP contribution in [0.15, 0.2) is 54.6 Å². The van der Waals surface area contributed by atoms with Gasteiger partial charge >= 0.3 is 18.0 Å². The molecule has 1 atom stereocenters. The molecule has 9 heteroatoms. The van der Waals surface area contributed by atoms with Crippen molar-refractivity contribution in [3.05, 3.63) is 65.7 Å². The molecule has 0 aliphatic carbocycles. The number of rotatable bonds is 9. The third-order valence-corrected chi connectivity index (χ3v) is 4.29. The number of carbonyl (C=O) groups is 4. The molecule has 3 N–H and O–H groups in total. The van der Waals surface area contributed by atoms with E-state index in [1.165, 1.54) is 24.3 Å². The van der Waals surface area contributed by atoms with Gasteiger partial charge < -0.3 is 25.2 Å². The van der Waals surface area contributed by atoms with E-state index in [0.29, 0.717) is 5.69 Å². The van der Waals surface area contributed by atoms with Crippen molar-refractivity contribution in [3.8, 4) is 0 Å². The quantitative estimate of drug-likeness (QED) is 0.490. The summed E-state index contributed by atoms with van der Waals surface area (Å²) in [5, 5.41) is 14.1. The second-order valence-corrected chi connectivity index (χ2v) is 8.26. The van der Waals surface area contributed by atoms with Crippen LogP contribution in [0.4, 0.5) is 10.5 Å². The highest BCUT2D eigenvalue weighted by molar-refractivity contribution is 5.97. The summed E-state index contributed by atoms with van der Waals surface area (Å²) in [6.07, 6.45) is -0.938. The Morgan fingerprint density at radius 2 is 1.61 bits per heavy atom. The molecular weight excluding hydrogens is 428 g/mol. The van der Waals surface area contributed by atoms with E-state index in [1.807, 2.05) is 30.3 Å². The summed E-state index contributed by atoms with van der Waals surface area (Å²) in [5.41, 5.74) is 0.467. The molecule has 0 bridgehead atoms. The van der Waals surface area contributed by atoms with Crippen molar-refractivity contribution >= 4 is 29.6 Å². The molecule has 0 saturated carbocycles. The Labute approximate surface area is 192 Å². The third-order valence-electron chi connectivity index (χ3n) is 4.29. The van der Waals surface area contributed by atoms with Gasteiger partial charge in [-0.1, -0.05) is 30.3 Å². The van der Waals surface area contributed by atoms with Gasteiger partial charge in [0, 0.05) is 12.1 Å². The molecule has 2 amide bonds. The number of aromatic carboxylic acids is 1. The van der Waals surface area contributed by atoms with E-state index in [-0.39, 0.29) is 25.0 Å². The van der Waals surface area contributed by atoms with Gasteiger partial charge in [0.2, 0.25) is 5.91 Å². The maximum absolute atomic E-state index is 12.8. The summed E-state index contributed by atoms with van der Waals surface area (Å²) in [7, 11) is 0. The van der Waals surface area contributed by atoms with Crippen LogP contribution in [0.25, 0.3) is 0 Å². The Bertz CT molecular complexity index is 967. The van der Waals surface area contributed by atoms with E-state index >= 15 is 0 Å². The molecule has 176 valence electrons. The summed E-state index contributed by atoms with van der Waals surface area (Å²) in [6, 6.07) is 13.6. The maximum atomic E-state index is 12.8. The summed E-state index contributed by atoms with van der Waals surface area (Å²) < 4.78 is 10.4. The first-order valence-electron chi connectivity index (χ1n) is 10.4. The average Bonchev–Trinajstić information content (AvgIpc) is 2.75. The molecule has 0 radical (unpaired) electrons. The molecule has 0 heterocycles. The van der Waals surface area contributed by atoms with E-state index in [4.69, 9.17) is 14.6 Å². The van der Waals surface area contributed by atoms with E-state index in [0.717, 1.165) is 5.56 Å². The number of anilines is 1. The number of carboxylic acids is 1. The Kier molecular flexibility index (Phi) is 8.97. The highest BCUT2D eigenvalue weighted by Crippen LogP contribution is 2.13. The van der Waals surface area contributed by atoms with Crippen molar-refractivity contribution in [1.29, 1.82) is 0 Å². The molecule has 0 saturated heterocycles. The van der Waals surface area contributed by atoms with Gasteiger partial charge in [-0.05, 0) is 57.0 Å². The van der Waals surface area contributed by atoms with Gasteiger partial charge in [0.25, 0.3) is 0 Å². The number of carboxylic acid groups (broad SMARTS) is 1. The molecule has 0 fully saturated rings. The third kappa shape index (κ3) is 9.42. The zero-order chi connectivity index (χ0) is 24.4. The number of alkyl carbamates (subject to hydrolysis) is 1. The second kappa shape index (κ2) is 11.7. The molecule has 0 aliphatic rings. The van der Waals surface area contributed by atoms with Crippen molar-refractivity contribution in [3.63, 3.8) is 0 Å². The van der Waals surface area contributed by atoms with Crippen molar-refractivity contribution in [2.24, 2.45) is 0 Å². The number of nitrogens with one attached hydrogen (secondary N) is 2. The standard InChI is InChI=1S/C24H28N2O7/c1-24(2,3)33-23(31)26-19(13-14-20(27)32-15-16-7-5-4-6-8-16)21(28)25-18-11-9-17(10-12-18)22(29)30/h4-12,19H,13-15H2,1-3H3,(H,25,28)(H,26,31)(H,29,30). The Morgan fingerprint density at radius 3 is 2.18 bits per heavy atom. The Hall–Kier alpha value is -3.88. The van der Waals surface area contributed by atoms with Gasteiger partial charge in [-0.15, -0.1) is 0 Å². The summed E-state index contributed by atoms with van der Waals surface area (Å²) in [5.74, 6) is -2.19.